The maximum Gasteiger partial charge on any atom is 0.461 e. The van der Waals surface area contributed by atoms with E-state index in [2.05, 4.69) is 19.9 Å². The normalized spacial score (nSPS) is 14.5. The fourth-order valence-corrected chi connectivity index (χ4v) is 3.92. The van der Waals surface area contributed by atoms with Gasteiger partial charge in [-0.15, -0.1) is 0 Å². The number of hydrogen-bond acceptors (Lipinski definition) is 6. The van der Waals surface area contributed by atoms with E-state index in [1.165, 1.54) is 67.6 Å². The van der Waals surface area contributed by atoms with Crippen LogP contribution in [0.3, 0.4) is 0 Å². The predicted molar refractivity (Wildman–Crippen MR) is 119 cm³/mol. The fourth-order valence-electron chi connectivity index (χ4n) is 3.92. The number of nitrogens with zero attached hydrogens (tertiary/aromatic N) is 6. The Morgan fingerprint density at radius 2 is 1.78 bits per heavy atom. The van der Waals surface area contributed by atoms with Crippen LogP contribution in [0, 0.1) is 12.7 Å². The van der Waals surface area contributed by atoms with E-state index in [1.54, 1.807) is 0 Å². The highest BCUT2D eigenvalue weighted by Crippen LogP contribution is 2.35. The minimum Gasteiger partial charge on any atom is -0.428 e. The number of ether oxygens (including phenoxy) is 1. The fraction of sp³-hybridized carbons (Fsp3) is 0.304. The lowest BCUT2D eigenvalue weighted by Gasteiger charge is -2.34. The van der Waals surface area contributed by atoms with Crippen molar-refractivity contribution in [3.8, 4) is 11.4 Å². The zero-order valence-corrected chi connectivity index (χ0v) is 19.5. The van der Waals surface area contributed by atoms with Crippen molar-refractivity contribution in [2.45, 2.75) is 44.6 Å². The van der Waals surface area contributed by atoms with Gasteiger partial charge in [0.25, 0.3) is 0 Å². The molecule has 0 amide bonds. The van der Waals surface area contributed by atoms with Crippen LogP contribution in [0.25, 0.3) is 5.69 Å². The Balaban J connectivity index is 1.72. The lowest BCUT2D eigenvalue weighted by atomic mass is 9.86. The summed E-state index contributed by atoms with van der Waals surface area (Å²) in [6.45, 7) is 2.70. The second-order valence-electron chi connectivity index (χ2n) is 8.24. The molecule has 14 heteroatoms. The van der Waals surface area contributed by atoms with Gasteiger partial charge in [-0.3, -0.25) is 0 Å². The van der Waals surface area contributed by atoms with E-state index in [0.717, 1.165) is 21.4 Å². The summed E-state index contributed by atoms with van der Waals surface area (Å²) in [6.07, 6.45) is -6.15. The van der Waals surface area contributed by atoms with Crippen molar-refractivity contribution in [2.24, 2.45) is 0 Å². The Morgan fingerprint density at radius 1 is 1.11 bits per heavy atom. The Kier molecular flexibility index (Phi) is 6.86. The number of aromatic nitrogens is 6. The van der Waals surface area contributed by atoms with Crippen LogP contribution in [0.15, 0.2) is 66.0 Å². The number of alkyl halides is 4. The molecule has 9 nitrogen and oxygen atoms in total. The number of benzene rings is 2. The summed E-state index contributed by atoms with van der Waals surface area (Å²) in [4.78, 5) is 17.2. The van der Waals surface area contributed by atoms with Gasteiger partial charge < -0.3 is 9.84 Å². The third-order valence-electron chi connectivity index (χ3n) is 5.83. The minimum atomic E-state index is -4.68. The number of halogens is 5. The van der Waals surface area contributed by atoms with Crippen LogP contribution in [0.5, 0.6) is 5.75 Å². The zero-order valence-electron chi connectivity index (χ0n) is 19.5. The van der Waals surface area contributed by atoms with Crippen LogP contribution in [0.2, 0.25) is 0 Å². The van der Waals surface area contributed by atoms with Gasteiger partial charge >= 0.3 is 18.2 Å². The molecule has 0 radical (unpaired) electrons. The average molecular weight is 524 g/mol. The molecule has 2 heterocycles. The molecule has 2 aromatic carbocycles. The summed E-state index contributed by atoms with van der Waals surface area (Å²) in [5.74, 6) is -1.10. The molecule has 0 aliphatic carbocycles. The molecule has 0 saturated heterocycles. The Bertz CT molecular complexity index is 1420. The quantitative estimate of drug-likeness (QED) is 0.337. The highest BCUT2D eigenvalue weighted by Gasteiger charge is 2.44. The van der Waals surface area contributed by atoms with Crippen LogP contribution in [0.1, 0.15) is 24.4 Å². The highest BCUT2D eigenvalue weighted by molar-refractivity contribution is 5.38. The first-order chi connectivity index (χ1) is 17.4. The monoisotopic (exact) mass is 524 g/mol. The molecule has 0 fully saturated rings. The van der Waals surface area contributed by atoms with Gasteiger partial charge in [0.15, 0.2) is 0 Å². The molecule has 4 aromatic rings. The second-order valence-corrected chi connectivity index (χ2v) is 8.24. The number of aryl methyl sites for hydroxylation is 1. The van der Waals surface area contributed by atoms with Gasteiger partial charge in [-0.1, -0.05) is 18.2 Å². The summed E-state index contributed by atoms with van der Waals surface area (Å²) in [7, 11) is 0. The third-order valence-corrected chi connectivity index (χ3v) is 5.83. The molecular weight excluding hydrogens is 503 g/mol. The first kappa shape index (κ1) is 26.0. The highest BCUT2D eigenvalue weighted by atomic mass is 19.3. The van der Waals surface area contributed by atoms with Crippen LogP contribution in [0.4, 0.5) is 22.0 Å². The van der Waals surface area contributed by atoms with E-state index in [-0.39, 0.29) is 23.6 Å². The number of aliphatic hydroxyl groups is 1. The van der Waals surface area contributed by atoms with Crippen molar-refractivity contribution in [3.05, 3.63) is 88.9 Å². The summed E-state index contributed by atoms with van der Waals surface area (Å²) < 4.78 is 73.4. The van der Waals surface area contributed by atoms with Crippen molar-refractivity contribution in [1.29, 1.82) is 0 Å². The summed E-state index contributed by atoms with van der Waals surface area (Å²) in [5.41, 5.74) is -2.67. The Hall–Kier alpha value is -4.07. The van der Waals surface area contributed by atoms with Gasteiger partial charge in [0.05, 0.1) is 18.3 Å². The van der Waals surface area contributed by atoms with Crippen LogP contribution in [-0.4, -0.2) is 46.8 Å². The summed E-state index contributed by atoms with van der Waals surface area (Å²) >= 11 is 0. The molecule has 0 bridgehead atoms. The van der Waals surface area contributed by atoms with E-state index in [1.807, 2.05) is 0 Å². The van der Waals surface area contributed by atoms with E-state index in [4.69, 9.17) is 0 Å². The molecule has 0 spiro atoms. The molecule has 1 N–H and O–H groups in total. The maximum atomic E-state index is 14.8. The maximum absolute atomic E-state index is 14.8. The second kappa shape index (κ2) is 9.76. The molecule has 4 rings (SSSR count). The smallest absolute Gasteiger partial charge is 0.428 e. The van der Waals surface area contributed by atoms with E-state index >= 15 is 0 Å². The minimum absolute atomic E-state index is 0.0986. The van der Waals surface area contributed by atoms with Crippen LogP contribution in [-0.2, 0) is 12.1 Å². The van der Waals surface area contributed by atoms with Crippen molar-refractivity contribution < 1.29 is 31.8 Å². The SMILES string of the molecule is Cc1nn([C@H](C)[C@](O)(Cn2cncn2)c2ccccc2F)c(=O)n1-c1ccc(OC(F)(F)C(F)F)cc1. The van der Waals surface area contributed by atoms with E-state index in [0.29, 0.717) is 0 Å². The topological polar surface area (TPSA) is 100.0 Å². The van der Waals surface area contributed by atoms with Crippen LogP contribution < -0.4 is 10.4 Å². The molecule has 0 unspecified atom stereocenters. The van der Waals surface area contributed by atoms with Crippen molar-refractivity contribution >= 4 is 0 Å². The predicted octanol–water partition coefficient (Wildman–Crippen LogP) is 3.46. The number of hydrogen-bond donors (Lipinski definition) is 1. The molecule has 0 saturated carbocycles. The zero-order chi connectivity index (χ0) is 27.0. The largest absolute Gasteiger partial charge is 0.461 e. The third kappa shape index (κ3) is 4.96. The molecule has 2 atom stereocenters. The lowest BCUT2D eigenvalue weighted by Crippen LogP contribution is -2.44. The van der Waals surface area contributed by atoms with Crippen molar-refractivity contribution in [1.82, 2.24) is 29.1 Å². The van der Waals surface area contributed by atoms with E-state index in [9.17, 15) is 31.9 Å². The number of rotatable bonds is 9. The van der Waals surface area contributed by atoms with Crippen molar-refractivity contribution in [2.75, 3.05) is 0 Å². The Morgan fingerprint density at radius 3 is 2.38 bits per heavy atom. The summed E-state index contributed by atoms with van der Waals surface area (Å²) in [5, 5.41) is 20.0. The summed E-state index contributed by atoms with van der Waals surface area (Å²) in [6, 6.07) is 8.82. The van der Waals surface area contributed by atoms with Crippen LogP contribution >= 0.6 is 0 Å². The first-order valence-electron chi connectivity index (χ1n) is 10.9. The lowest BCUT2D eigenvalue weighted by molar-refractivity contribution is -0.253. The van der Waals surface area contributed by atoms with Gasteiger partial charge in [-0.2, -0.15) is 27.8 Å². The van der Waals surface area contributed by atoms with Gasteiger partial charge in [0.2, 0.25) is 0 Å². The van der Waals surface area contributed by atoms with Gasteiger partial charge in [-0.25, -0.2) is 28.1 Å². The van der Waals surface area contributed by atoms with Gasteiger partial charge in [0.1, 0.15) is 35.6 Å². The molecule has 2 aromatic heterocycles. The molecule has 37 heavy (non-hydrogen) atoms. The van der Waals surface area contributed by atoms with Crippen molar-refractivity contribution in [3.63, 3.8) is 0 Å². The first-order valence-corrected chi connectivity index (χ1v) is 10.9. The average Bonchev–Trinajstić information content (AvgIpc) is 3.46. The van der Waals surface area contributed by atoms with Gasteiger partial charge in [0, 0.05) is 5.56 Å². The molecular formula is C23H21F5N6O3. The molecule has 0 aliphatic heterocycles. The Labute approximate surface area is 206 Å². The molecule has 0 aliphatic rings. The van der Waals surface area contributed by atoms with E-state index < -0.39 is 41.4 Å². The molecule has 196 valence electrons. The standard InChI is InChI=1S/C23H21F5N6O3/c1-14(22(36,11-32-13-29-12-30-32)18-5-3-4-6-19(18)24)34-21(35)33(15(2)31-34)16-7-9-17(10-8-16)37-23(27,28)20(25)26/h3-10,12-14,20,36H,11H2,1-2H3/t14-,22-/m1/s1. The van der Waals surface area contributed by atoms with Gasteiger partial charge in [-0.05, 0) is 44.2 Å².